The molecule has 11 heavy (non-hydrogen) atoms. The van der Waals surface area contributed by atoms with E-state index >= 15 is 0 Å². The average Bonchev–Trinajstić information content (AvgIpc) is 1.85. The molecule has 0 unspecified atom stereocenters. The van der Waals surface area contributed by atoms with E-state index in [-0.39, 0.29) is 0 Å². The van der Waals surface area contributed by atoms with Gasteiger partial charge in [0, 0.05) is 0 Å². The number of hydrogen-bond acceptors (Lipinski definition) is 1. The average molecular weight is 174 g/mol. The number of ether oxygens (including phenoxy) is 1. The Kier molecular flexibility index (Phi) is 3.03. The van der Waals surface area contributed by atoms with E-state index in [1.807, 2.05) is 0 Å². The normalized spacial score (nSPS) is 13.9. The predicted molar refractivity (Wildman–Crippen MR) is 26.6 cm³/mol. The number of alkyl halides is 3. The second kappa shape index (κ2) is 3.36. The second-order valence-electron chi connectivity index (χ2n) is 1.37. The molecule has 0 aliphatic rings. The van der Waals surface area contributed by atoms with Crippen molar-refractivity contribution in [3.8, 4) is 0 Å². The summed E-state index contributed by atoms with van der Waals surface area (Å²) in [5, 5.41) is 0. The first-order valence-electron chi connectivity index (χ1n) is 2.29. The van der Waals surface area contributed by atoms with Crippen LogP contribution in [0, 0.1) is 0 Å². The number of hydrogen-bond donors (Lipinski definition) is 0. The van der Waals surface area contributed by atoms with E-state index in [0.717, 1.165) is 0 Å². The molecule has 64 valence electrons. The van der Waals surface area contributed by atoms with Gasteiger partial charge >= 0.3 is 12.2 Å². The van der Waals surface area contributed by atoms with Crippen LogP contribution in [0.2, 0.25) is 0 Å². The molecule has 0 radical (unpaired) electrons. The van der Waals surface area contributed by atoms with E-state index in [2.05, 4.69) is 11.3 Å². The number of halogens is 5. The van der Waals surface area contributed by atoms with Gasteiger partial charge in [-0.2, -0.15) is 22.0 Å². The van der Waals surface area contributed by atoms with E-state index in [9.17, 15) is 22.0 Å². The van der Waals surface area contributed by atoms with E-state index in [0.29, 0.717) is 6.26 Å². The van der Waals surface area contributed by atoms with Gasteiger partial charge < -0.3 is 4.74 Å². The first-order chi connectivity index (χ1) is 4.89. The molecule has 0 saturated carbocycles. The van der Waals surface area contributed by atoms with Crippen LogP contribution in [-0.2, 0) is 4.74 Å². The van der Waals surface area contributed by atoms with Crippen LogP contribution >= 0.6 is 0 Å². The van der Waals surface area contributed by atoms with Crippen LogP contribution in [-0.4, -0.2) is 6.18 Å². The van der Waals surface area contributed by atoms with Crippen molar-refractivity contribution < 1.29 is 26.7 Å². The summed E-state index contributed by atoms with van der Waals surface area (Å²) >= 11 is 0. The minimum absolute atomic E-state index is 0.348. The number of allylic oxidation sites excluding steroid dienone is 1. The van der Waals surface area contributed by atoms with Crippen LogP contribution in [0.3, 0.4) is 0 Å². The third-order valence-corrected chi connectivity index (χ3v) is 0.608. The summed E-state index contributed by atoms with van der Waals surface area (Å²) in [5.41, 5.74) is 0. The molecule has 0 bridgehead atoms. The van der Waals surface area contributed by atoms with Crippen molar-refractivity contribution in [1.29, 1.82) is 0 Å². The van der Waals surface area contributed by atoms with Crippen molar-refractivity contribution in [2.24, 2.45) is 0 Å². The molecule has 0 aliphatic heterocycles. The first-order valence-corrected chi connectivity index (χ1v) is 2.29. The Morgan fingerprint density at radius 1 is 1.27 bits per heavy atom. The maximum absolute atomic E-state index is 11.8. The maximum atomic E-state index is 11.8. The summed E-state index contributed by atoms with van der Waals surface area (Å²) in [6.45, 7) is 2.73. The van der Waals surface area contributed by atoms with Crippen LogP contribution in [0.25, 0.3) is 0 Å². The smallest absolute Gasteiger partial charge is 0.438 e. The quantitative estimate of drug-likeness (QED) is 0.462. The van der Waals surface area contributed by atoms with Crippen molar-refractivity contribution in [1.82, 2.24) is 0 Å². The lowest BCUT2D eigenvalue weighted by Gasteiger charge is -2.02. The summed E-state index contributed by atoms with van der Waals surface area (Å²) in [6, 6.07) is -2.34. The Morgan fingerprint density at radius 3 is 2.00 bits per heavy atom. The van der Waals surface area contributed by atoms with E-state index in [1.54, 1.807) is 0 Å². The largest absolute Gasteiger partial charge is 0.449 e. The third kappa shape index (κ3) is 3.01. The lowest BCUT2D eigenvalue weighted by molar-refractivity contribution is -0.115. The van der Waals surface area contributed by atoms with Gasteiger partial charge in [-0.05, 0) is 0 Å². The lowest BCUT2D eigenvalue weighted by Crippen LogP contribution is -2.09. The molecule has 0 saturated heterocycles. The maximum Gasteiger partial charge on any atom is 0.449 e. The predicted octanol–water partition coefficient (Wildman–Crippen LogP) is 2.82. The van der Waals surface area contributed by atoms with Gasteiger partial charge in [-0.1, -0.05) is 6.58 Å². The van der Waals surface area contributed by atoms with Crippen LogP contribution in [0.15, 0.2) is 24.7 Å². The molecule has 0 atom stereocenters. The molecule has 0 rings (SSSR count). The SMILES string of the molecule is C=COC(F)=C(F)C(F)(F)F. The van der Waals surface area contributed by atoms with E-state index in [1.165, 1.54) is 0 Å². The second-order valence-corrected chi connectivity index (χ2v) is 1.37. The Morgan fingerprint density at radius 2 is 1.73 bits per heavy atom. The van der Waals surface area contributed by atoms with Gasteiger partial charge in [-0.25, -0.2) is 0 Å². The Labute approximate surface area is 58.8 Å². The van der Waals surface area contributed by atoms with Crippen molar-refractivity contribution in [2.45, 2.75) is 6.18 Å². The van der Waals surface area contributed by atoms with Crippen LogP contribution < -0.4 is 0 Å². The van der Waals surface area contributed by atoms with Crippen LogP contribution in [0.1, 0.15) is 0 Å². The van der Waals surface area contributed by atoms with Gasteiger partial charge in [0.15, 0.2) is 0 Å². The first kappa shape index (κ1) is 9.93. The van der Waals surface area contributed by atoms with E-state index < -0.39 is 18.0 Å². The molecule has 0 fully saturated rings. The molecule has 0 aliphatic carbocycles. The monoisotopic (exact) mass is 174 g/mol. The van der Waals surface area contributed by atoms with Gasteiger partial charge in [0.25, 0.3) is 5.83 Å². The molecule has 1 nitrogen and oxygen atoms in total. The molecular weight excluding hydrogens is 171 g/mol. The molecule has 0 aromatic rings. The fourth-order valence-electron chi connectivity index (χ4n) is 0.236. The van der Waals surface area contributed by atoms with Gasteiger partial charge in [0.1, 0.15) is 0 Å². The zero-order valence-electron chi connectivity index (χ0n) is 5.08. The zero-order chi connectivity index (χ0) is 9.07. The van der Waals surface area contributed by atoms with Crippen molar-refractivity contribution in [2.75, 3.05) is 0 Å². The van der Waals surface area contributed by atoms with Crippen LogP contribution in [0.4, 0.5) is 22.0 Å². The van der Waals surface area contributed by atoms with Crippen molar-refractivity contribution >= 4 is 0 Å². The Hall–Kier alpha value is -1.07. The molecule has 0 heterocycles. The molecule has 0 aromatic heterocycles. The summed E-state index contributed by atoms with van der Waals surface area (Å²) in [7, 11) is 0. The van der Waals surface area contributed by atoms with Crippen molar-refractivity contribution in [3.63, 3.8) is 0 Å². The van der Waals surface area contributed by atoms with Gasteiger partial charge in [-0.15, -0.1) is 0 Å². The fourth-order valence-corrected chi connectivity index (χ4v) is 0.236. The van der Waals surface area contributed by atoms with Gasteiger partial charge in [-0.3, -0.25) is 0 Å². The molecule has 0 N–H and O–H groups in total. The minimum Gasteiger partial charge on any atom is -0.438 e. The molecule has 0 spiro atoms. The zero-order valence-corrected chi connectivity index (χ0v) is 5.08. The highest BCUT2D eigenvalue weighted by molar-refractivity contribution is 5.00. The van der Waals surface area contributed by atoms with Gasteiger partial charge in [0.05, 0.1) is 6.26 Å². The molecule has 0 aromatic carbocycles. The summed E-state index contributed by atoms with van der Waals surface area (Å²) in [6.07, 6.45) is -5.01. The molecule has 6 heteroatoms. The highest BCUT2D eigenvalue weighted by atomic mass is 19.4. The Bertz CT molecular complexity index is 180. The standard InChI is InChI=1S/C5H3F5O/c1-2-11-4(7)3(6)5(8,9)10/h2H,1H2. The Balaban J connectivity index is 4.52. The third-order valence-electron chi connectivity index (χ3n) is 0.608. The van der Waals surface area contributed by atoms with Crippen LogP contribution in [0.5, 0.6) is 0 Å². The fraction of sp³-hybridized carbons (Fsp3) is 0.200. The molecule has 0 amide bonds. The topological polar surface area (TPSA) is 9.23 Å². The van der Waals surface area contributed by atoms with Gasteiger partial charge in [0.2, 0.25) is 0 Å². The van der Waals surface area contributed by atoms with E-state index in [4.69, 9.17) is 0 Å². The summed E-state index contributed by atoms with van der Waals surface area (Å²) in [4.78, 5) is 0. The highest BCUT2D eigenvalue weighted by Gasteiger charge is 2.39. The molecular formula is C5H3F5O. The summed E-state index contributed by atoms with van der Waals surface area (Å²) in [5.74, 6) is -2.91. The summed E-state index contributed by atoms with van der Waals surface area (Å²) < 4.78 is 60.6. The van der Waals surface area contributed by atoms with Crippen molar-refractivity contribution in [3.05, 3.63) is 24.7 Å². The number of rotatable bonds is 2. The lowest BCUT2D eigenvalue weighted by atomic mass is 10.5. The minimum atomic E-state index is -5.35. The highest BCUT2D eigenvalue weighted by Crippen LogP contribution is 2.29.